The lowest BCUT2D eigenvalue weighted by molar-refractivity contribution is -0.0206. The zero-order valence-electron chi connectivity index (χ0n) is 12.9. The topological polar surface area (TPSA) is 12.0 Å². The lowest BCUT2D eigenvalue weighted by Gasteiger charge is -2.57. The van der Waals surface area contributed by atoms with Gasteiger partial charge in [0.2, 0.25) is 0 Å². The van der Waals surface area contributed by atoms with Gasteiger partial charge >= 0.3 is 0 Å². The van der Waals surface area contributed by atoms with Crippen LogP contribution in [-0.4, -0.2) is 5.54 Å². The third-order valence-electron chi connectivity index (χ3n) is 6.41. The third kappa shape index (κ3) is 2.11. The molecule has 108 valence electrons. The van der Waals surface area contributed by atoms with E-state index in [1.807, 2.05) is 0 Å². The maximum atomic E-state index is 4.01. The van der Waals surface area contributed by atoms with Gasteiger partial charge in [0.1, 0.15) is 0 Å². The summed E-state index contributed by atoms with van der Waals surface area (Å²) in [6.45, 7) is 5.56. The second-order valence-electron chi connectivity index (χ2n) is 7.91. The lowest BCUT2D eigenvalue weighted by Crippen LogP contribution is -2.58. The summed E-state index contributed by atoms with van der Waals surface area (Å²) in [7, 11) is 0. The van der Waals surface area contributed by atoms with Crippen LogP contribution in [0.3, 0.4) is 0 Å². The zero-order chi connectivity index (χ0) is 13.7. The standard InChI is InChI=1S/C19H27N/c1-13-4-3-5-18(14(13)2)12-20-19-9-15-6-16(10-19)8-17(7-15)11-19/h3-5,15-17,20H,6-12H2,1-2H3. The van der Waals surface area contributed by atoms with Crippen LogP contribution in [0.25, 0.3) is 0 Å². The molecule has 0 unspecified atom stereocenters. The molecule has 20 heavy (non-hydrogen) atoms. The molecule has 0 aromatic heterocycles. The fourth-order valence-corrected chi connectivity index (χ4v) is 5.61. The molecule has 1 N–H and O–H groups in total. The van der Waals surface area contributed by atoms with Crippen molar-refractivity contribution in [3.05, 3.63) is 34.9 Å². The molecule has 1 heteroatoms. The van der Waals surface area contributed by atoms with E-state index in [1.165, 1.54) is 55.2 Å². The first kappa shape index (κ1) is 12.9. The van der Waals surface area contributed by atoms with E-state index >= 15 is 0 Å². The van der Waals surface area contributed by atoms with Gasteiger partial charge in [-0.1, -0.05) is 18.2 Å². The Bertz CT molecular complexity index is 481. The van der Waals surface area contributed by atoms with Gasteiger partial charge in [0.25, 0.3) is 0 Å². The predicted molar refractivity (Wildman–Crippen MR) is 83.7 cm³/mol. The largest absolute Gasteiger partial charge is 0.307 e. The second-order valence-corrected chi connectivity index (χ2v) is 7.91. The molecule has 0 amide bonds. The summed E-state index contributed by atoms with van der Waals surface area (Å²) < 4.78 is 0. The Hall–Kier alpha value is -0.820. The van der Waals surface area contributed by atoms with Crippen molar-refractivity contribution in [1.82, 2.24) is 5.32 Å². The van der Waals surface area contributed by atoms with Crippen molar-refractivity contribution >= 4 is 0 Å². The third-order valence-corrected chi connectivity index (χ3v) is 6.41. The van der Waals surface area contributed by atoms with E-state index in [0.717, 1.165) is 24.3 Å². The molecule has 5 rings (SSSR count). The number of hydrogen-bond acceptors (Lipinski definition) is 1. The highest BCUT2D eigenvalue weighted by molar-refractivity contribution is 5.33. The highest BCUT2D eigenvalue weighted by Gasteiger charge is 2.50. The van der Waals surface area contributed by atoms with Crippen LogP contribution in [0, 0.1) is 31.6 Å². The Morgan fingerprint density at radius 3 is 2.20 bits per heavy atom. The first-order chi connectivity index (χ1) is 9.63. The Balaban J connectivity index is 1.50. The van der Waals surface area contributed by atoms with Crippen molar-refractivity contribution in [2.24, 2.45) is 17.8 Å². The summed E-state index contributed by atoms with van der Waals surface area (Å²) in [5, 5.41) is 4.01. The van der Waals surface area contributed by atoms with E-state index in [0.29, 0.717) is 5.54 Å². The van der Waals surface area contributed by atoms with Crippen molar-refractivity contribution in [2.45, 2.75) is 64.5 Å². The number of nitrogens with one attached hydrogen (secondary N) is 1. The normalized spacial score (nSPS) is 38.4. The number of hydrogen-bond donors (Lipinski definition) is 1. The molecule has 0 saturated heterocycles. The summed E-state index contributed by atoms with van der Waals surface area (Å²) in [6.07, 6.45) is 8.94. The van der Waals surface area contributed by atoms with Crippen LogP contribution in [0.15, 0.2) is 18.2 Å². The Kier molecular flexibility index (Phi) is 2.96. The van der Waals surface area contributed by atoms with Gasteiger partial charge in [-0.15, -0.1) is 0 Å². The van der Waals surface area contributed by atoms with Crippen LogP contribution in [0.1, 0.15) is 55.2 Å². The Labute approximate surface area is 123 Å². The van der Waals surface area contributed by atoms with E-state index < -0.39 is 0 Å². The van der Waals surface area contributed by atoms with Crippen LogP contribution in [-0.2, 0) is 6.54 Å². The number of rotatable bonds is 3. The zero-order valence-corrected chi connectivity index (χ0v) is 12.9. The molecule has 4 bridgehead atoms. The van der Waals surface area contributed by atoms with Crippen molar-refractivity contribution in [3.8, 4) is 0 Å². The quantitative estimate of drug-likeness (QED) is 0.859. The van der Waals surface area contributed by atoms with Crippen LogP contribution in [0.5, 0.6) is 0 Å². The molecule has 4 aliphatic carbocycles. The first-order valence-electron chi connectivity index (χ1n) is 8.44. The van der Waals surface area contributed by atoms with Gasteiger partial charge in [-0.25, -0.2) is 0 Å². The highest BCUT2D eigenvalue weighted by Crippen LogP contribution is 2.55. The minimum Gasteiger partial charge on any atom is -0.307 e. The number of benzene rings is 1. The molecule has 0 radical (unpaired) electrons. The van der Waals surface area contributed by atoms with Gasteiger partial charge in [-0.05, 0) is 86.8 Å². The molecule has 4 fully saturated rings. The molecular weight excluding hydrogens is 242 g/mol. The van der Waals surface area contributed by atoms with Gasteiger partial charge < -0.3 is 5.32 Å². The predicted octanol–water partition coefficient (Wildman–Crippen LogP) is 4.36. The van der Waals surface area contributed by atoms with Crippen molar-refractivity contribution < 1.29 is 0 Å². The molecule has 4 aliphatic rings. The maximum absolute atomic E-state index is 4.01. The molecule has 1 aromatic rings. The van der Waals surface area contributed by atoms with Crippen LogP contribution >= 0.6 is 0 Å². The van der Waals surface area contributed by atoms with E-state index in [4.69, 9.17) is 0 Å². The fourth-order valence-electron chi connectivity index (χ4n) is 5.61. The van der Waals surface area contributed by atoms with Crippen molar-refractivity contribution in [1.29, 1.82) is 0 Å². The van der Waals surface area contributed by atoms with Crippen molar-refractivity contribution in [2.75, 3.05) is 0 Å². The van der Waals surface area contributed by atoms with Crippen LogP contribution in [0.2, 0.25) is 0 Å². The minimum absolute atomic E-state index is 0.491. The molecule has 0 aliphatic heterocycles. The molecule has 0 spiro atoms. The van der Waals surface area contributed by atoms with Gasteiger partial charge in [0.05, 0.1) is 0 Å². The molecule has 1 aromatic carbocycles. The van der Waals surface area contributed by atoms with Crippen LogP contribution in [0.4, 0.5) is 0 Å². The van der Waals surface area contributed by atoms with E-state index in [1.54, 1.807) is 0 Å². The van der Waals surface area contributed by atoms with Crippen molar-refractivity contribution in [3.63, 3.8) is 0 Å². The van der Waals surface area contributed by atoms with E-state index in [9.17, 15) is 0 Å². The van der Waals surface area contributed by atoms with Gasteiger partial charge in [-0.2, -0.15) is 0 Å². The summed E-state index contributed by atoms with van der Waals surface area (Å²) in [4.78, 5) is 0. The summed E-state index contributed by atoms with van der Waals surface area (Å²) in [5.41, 5.74) is 4.89. The lowest BCUT2D eigenvalue weighted by atomic mass is 9.53. The van der Waals surface area contributed by atoms with Crippen LogP contribution < -0.4 is 5.32 Å². The summed E-state index contributed by atoms with van der Waals surface area (Å²) >= 11 is 0. The molecule has 0 atom stereocenters. The summed E-state index contributed by atoms with van der Waals surface area (Å²) in [6, 6.07) is 6.73. The van der Waals surface area contributed by atoms with E-state index in [-0.39, 0.29) is 0 Å². The first-order valence-corrected chi connectivity index (χ1v) is 8.44. The molecular formula is C19H27N. The average Bonchev–Trinajstić information content (AvgIpc) is 2.39. The Morgan fingerprint density at radius 2 is 1.60 bits per heavy atom. The smallest absolute Gasteiger partial charge is 0.0213 e. The van der Waals surface area contributed by atoms with Gasteiger partial charge in [0.15, 0.2) is 0 Å². The molecule has 1 nitrogen and oxygen atoms in total. The second kappa shape index (κ2) is 4.59. The fraction of sp³-hybridized carbons (Fsp3) is 0.684. The maximum Gasteiger partial charge on any atom is 0.0213 e. The molecule has 0 heterocycles. The monoisotopic (exact) mass is 269 g/mol. The van der Waals surface area contributed by atoms with Gasteiger partial charge in [0, 0.05) is 12.1 Å². The van der Waals surface area contributed by atoms with E-state index in [2.05, 4.69) is 37.4 Å². The highest BCUT2D eigenvalue weighted by atomic mass is 15.0. The molecule has 4 saturated carbocycles. The summed E-state index contributed by atoms with van der Waals surface area (Å²) in [5.74, 6) is 3.10. The Morgan fingerprint density at radius 1 is 1.00 bits per heavy atom. The number of aryl methyl sites for hydroxylation is 1. The van der Waals surface area contributed by atoms with Gasteiger partial charge in [-0.3, -0.25) is 0 Å². The SMILES string of the molecule is Cc1cccc(CNC23CC4CC(CC(C4)C2)C3)c1C. The minimum atomic E-state index is 0.491. The average molecular weight is 269 g/mol.